The van der Waals surface area contributed by atoms with Crippen LogP contribution in [0.5, 0.6) is 5.75 Å². The third-order valence-corrected chi connectivity index (χ3v) is 3.79. The SMILES string of the molecule is COC(=O)C12CN=NC1c1ccc(C(F)(F)F)cc1OC2. The van der Waals surface area contributed by atoms with E-state index in [0.717, 1.165) is 12.1 Å². The summed E-state index contributed by atoms with van der Waals surface area (Å²) < 4.78 is 48.3. The fourth-order valence-corrected chi connectivity index (χ4v) is 2.64. The van der Waals surface area contributed by atoms with Crippen LogP contribution in [0.25, 0.3) is 0 Å². The Bertz CT molecular complexity index is 630. The van der Waals surface area contributed by atoms with Crippen molar-refractivity contribution < 1.29 is 27.4 Å². The summed E-state index contributed by atoms with van der Waals surface area (Å²) >= 11 is 0. The van der Waals surface area contributed by atoms with Crippen LogP contribution in [0.2, 0.25) is 0 Å². The van der Waals surface area contributed by atoms with Gasteiger partial charge in [0.05, 0.1) is 19.2 Å². The van der Waals surface area contributed by atoms with E-state index >= 15 is 0 Å². The van der Waals surface area contributed by atoms with Gasteiger partial charge in [0.1, 0.15) is 18.4 Å². The van der Waals surface area contributed by atoms with Gasteiger partial charge in [0.2, 0.25) is 0 Å². The predicted molar refractivity (Wildman–Crippen MR) is 63.9 cm³/mol. The lowest BCUT2D eigenvalue weighted by atomic mass is 9.76. The molecule has 5 nitrogen and oxygen atoms in total. The van der Waals surface area contributed by atoms with Crippen molar-refractivity contribution in [2.45, 2.75) is 12.2 Å². The second-order valence-corrected chi connectivity index (χ2v) is 5.00. The number of hydrogen-bond donors (Lipinski definition) is 0. The van der Waals surface area contributed by atoms with Crippen LogP contribution in [-0.4, -0.2) is 26.2 Å². The molecule has 0 aliphatic carbocycles. The number of hydrogen-bond acceptors (Lipinski definition) is 5. The smallest absolute Gasteiger partial charge is 0.416 e. The highest BCUT2D eigenvalue weighted by Gasteiger charge is 2.55. The molecule has 1 aromatic rings. The van der Waals surface area contributed by atoms with Crippen molar-refractivity contribution >= 4 is 5.97 Å². The van der Waals surface area contributed by atoms with E-state index in [1.807, 2.05) is 0 Å². The van der Waals surface area contributed by atoms with Crippen molar-refractivity contribution in [3.05, 3.63) is 29.3 Å². The molecule has 0 saturated carbocycles. The fourth-order valence-electron chi connectivity index (χ4n) is 2.64. The molecule has 2 atom stereocenters. The lowest BCUT2D eigenvalue weighted by Crippen LogP contribution is -2.45. The van der Waals surface area contributed by atoms with Crippen molar-refractivity contribution in [3.63, 3.8) is 0 Å². The molecule has 0 saturated heterocycles. The minimum atomic E-state index is -4.45. The molecular weight excluding hydrogens is 289 g/mol. The highest BCUT2D eigenvalue weighted by atomic mass is 19.4. The van der Waals surface area contributed by atoms with Gasteiger partial charge in [-0.05, 0) is 12.1 Å². The van der Waals surface area contributed by atoms with Crippen molar-refractivity contribution in [2.24, 2.45) is 15.6 Å². The molecule has 2 unspecified atom stereocenters. The molecule has 0 bridgehead atoms. The molecule has 2 aliphatic rings. The van der Waals surface area contributed by atoms with Crippen LogP contribution in [0, 0.1) is 5.41 Å². The molecule has 0 fully saturated rings. The van der Waals surface area contributed by atoms with Gasteiger partial charge in [0.15, 0.2) is 5.41 Å². The van der Waals surface area contributed by atoms with Gasteiger partial charge in [-0.15, -0.1) is 0 Å². The summed E-state index contributed by atoms with van der Waals surface area (Å²) in [6.07, 6.45) is -4.45. The van der Waals surface area contributed by atoms with Gasteiger partial charge in [0.25, 0.3) is 0 Å². The molecule has 112 valence electrons. The van der Waals surface area contributed by atoms with Crippen LogP contribution in [0.15, 0.2) is 28.4 Å². The largest absolute Gasteiger partial charge is 0.492 e. The number of methoxy groups -OCH3 is 1. The van der Waals surface area contributed by atoms with E-state index in [2.05, 4.69) is 10.2 Å². The molecule has 3 rings (SSSR count). The van der Waals surface area contributed by atoms with Gasteiger partial charge in [-0.2, -0.15) is 23.4 Å². The zero-order valence-electron chi connectivity index (χ0n) is 11.0. The summed E-state index contributed by atoms with van der Waals surface area (Å²) in [5.74, 6) is -0.446. The Labute approximate surface area is 117 Å². The van der Waals surface area contributed by atoms with Gasteiger partial charge in [0, 0.05) is 5.56 Å². The summed E-state index contributed by atoms with van der Waals surface area (Å²) in [6, 6.07) is 2.48. The Morgan fingerprint density at radius 2 is 2.24 bits per heavy atom. The Balaban J connectivity index is 2.05. The van der Waals surface area contributed by atoms with Crippen molar-refractivity contribution in [2.75, 3.05) is 20.3 Å². The Kier molecular flexibility index (Phi) is 2.93. The van der Waals surface area contributed by atoms with E-state index in [-0.39, 0.29) is 18.9 Å². The quantitative estimate of drug-likeness (QED) is 0.749. The number of esters is 1. The average Bonchev–Trinajstić information content (AvgIpc) is 2.90. The van der Waals surface area contributed by atoms with Gasteiger partial charge in [-0.3, -0.25) is 4.79 Å². The molecular formula is C13H11F3N2O3. The molecule has 0 N–H and O–H groups in total. The number of alkyl halides is 3. The van der Waals surface area contributed by atoms with Crippen molar-refractivity contribution in [1.82, 2.24) is 0 Å². The molecule has 2 heterocycles. The first kappa shape index (κ1) is 13.8. The maximum atomic E-state index is 12.7. The van der Waals surface area contributed by atoms with E-state index in [1.54, 1.807) is 0 Å². The highest BCUT2D eigenvalue weighted by molar-refractivity contribution is 5.80. The first-order chi connectivity index (χ1) is 9.88. The van der Waals surface area contributed by atoms with E-state index in [1.165, 1.54) is 13.2 Å². The molecule has 0 spiro atoms. The topological polar surface area (TPSA) is 60.2 Å². The van der Waals surface area contributed by atoms with Gasteiger partial charge in [-0.1, -0.05) is 6.07 Å². The van der Waals surface area contributed by atoms with Crippen molar-refractivity contribution in [1.29, 1.82) is 0 Å². The van der Waals surface area contributed by atoms with Crippen LogP contribution >= 0.6 is 0 Å². The molecule has 0 amide bonds. The number of halogens is 3. The first-order valence-corrected chi connectivity index (χ1v) is 6.17. The summed E-state index contributed by atoms with van der Waals surface area (Å²) in [5.41, 5.74) is -1.47. The van der Waals surface area contributed by atoms with Crippen molar-refractivity contribution in [3.8, 4) is 5.75 Å². The van der Waals surface area contributed by atoms with Crippen LogP contribution in [0.1, 0.15) is 17.2 Å². The summed E-state index contributed by atoms with van der Waals surface area (Å²) in [6.45, 7) is -0.00352. The second-order valence-electron chi connectivity index (χ2n) is 5.00. The maximum absolute atomic E-state index is 12.7. The summed E-state index contributed by atoms with van der Waals surface area (Å²) in [5, 5.41) is 7.86. The number of ether oxygens (including phenoxy) is 2. The van der Waals surface area contributed by atoms with E-state index in [0.29, 0.717) is 5.56 Å². The maximum Gasteiger partial charge on any atom is 0.416 e. The zero-order valence-corrected chi connectivity index (χ0v) is 11.0. The normalized spacial score (nSPS) is 26.8. The summed E-state index contributed by atoms with van der Waals surface area (Å²) in [4.78, 5) is 12.0. The number of carbonyl (C=O) groups is 1. The van der Waals surface area contributed by atoms with E-state index in [4.69, 9.17) is 9.47 Å². The number of azo groups is 1. The van der Waals surface area contributed by atoms with Gasteiger partial charge < -0.3 is 9.47 Å². The minimum Gasteiger partial charge on any atom is -0.492 e. The Morgan fingerprint density at radius 3 is 2.90 bits per heavy atom. The van der Waals surface area contributed by atoms with Crippen LogP contribution in [-0.2, 0) is 15.7 Å². The number of benzene rings is 1. The number of fused-ring (bicyclic) bond motifs is 3. The Hall–Kier alpha value is -2.12. The number of rotatable bonds is 1. The molecule has 1 aromatic carbocycles. The van der Waals surface area contributed by atoms with E-state index < -0.39 is 29.2 Å². The van der Waals surface area contributed by atoms with Gasteiger partial charge >= 0.3 is 12.1 Å². The third kappa shape index (κ3) is 1.97. The van der Waals surface area contributed by atoms with Gasteiger partial charge in [-0.25, -0.2) is 0 Å². The molecule has 0 aromatic heterocycles. The predicted octanol–water partition coefficient (Wildman–Crippen LogP) is 2.76. The second kappa shape index (κ2) is 4.44. The van der Waals surface area contributed by atoms with E-state index in [9.17, 15) is 18.0 Å². The van der Waals surface area contributed by atoms with Crippen LogP contribution < -0.4 is 4.74 Å². The third-order valence-electron chi connectivity index (χ3n) is 3.79. The number of carbonyl (C=O) groups excluding carboxylic acids is 1. The molecule has 0 radical (unpaired) electrons. The first-order valence-electron chi connectivity index (χ1n) is 6.17. The average molecular weight is 300 g/mol. The zero-order chi connectivity index (χ0) is 15.3. The summed E-state index contributed by atoms with van der Waals surface area (Å²) in [7, 11) is 1.24. The van der Waals surface area contributed by atoms with Crippen LogP contribution in [0.4, 0.5) is 13.2 Å². The standard InChI is InChI=1S/C13H11F3N2O3/c1-20-11(19)12-5-17-18-10(12)8-3-2-7(13(14,15)16)4-9(8)21-6-12/h2-4,10H,5-6H2,1H3. The Morgan fingerprint density at radius 1 is 1.48 bits per heavy atom. The lowest BCUT2D eigenvalue weighted by Gasteiger charge is -2.35. The monoisotopic (exact) mass is 300 g/mol. The molecule has 8 heteroatoms. The fraction of sp³-hybridized carbons (Fsp3) is 0.462. The number of nitrogens with zero attached hydrogens (tertiary/aromatic N) is 2. The minimum absolute atomic E-state index is 0.0789. The molecule has 2 aliphatic heterocycles. The highest BCUT2D eigenvalue weighted by Crippen LogP contribution is 2.50. The molecule has 21 heavy (non-hydrogen) atoms. The lowest BCUT2D eigenvalue weighted by molar-refractivity contribution is -0.155. The van der Waals surface area contributed by atoms with Crippen LogP contribution in [0.3, 0.4) is 0 Å².